The van der Waals surface area contributed by atoms with Crippen molar-refractivity contribution in [3.8, 4) is 5.75 Å². The molecule has 1 heterocycles. The van der Waals surface area contributed by atoms with Crippen molar-refractivity contribution in [1.82, 2.24) is 9.97 Å². The number of rotatable bonds is 7. The van der Waals surface area contributed by atoms with Crippen LogP contribution in [0, 0.1) is 5.92 Å². The molecule has 0 fully saturated rings. The Morgan fingerprint density at radius 3 is 2.77 bits per heavy atom. The quantitative estimate of drug-likeness (QED) is 0.528. The Balaban J connectivity index is 1.93. The zero-order valence-electron chi connectivity index (χ0n) is 12.2. The topological polar surface area (TPSA) is 114 Å². The predicted octanol–water partition coefficient (Wildman–Crippen LogP) is 1.41. The van der Waals surface area contributed by atoms with E-state index in [0.29, 0.717) is 18.1 Å². The number of benzene rings is 1. The highest BCUT2D eigenvalue weighted by atomic mass is 16.5. The third-order valence-corrected chi connectivity index (χ3v) is 3.03. The number of imidazole rings is 1. The van der Waals surface area contributed by atoms with Crippen molar-refractivity contribution < 1.29 is 14.6 Å². The number of nitrogens with one attached hydrogen (secondary N) is 1. The number of aliphatic carboxylic acids is 1. The van der Waals surface area contributed by atoms with E-state index in [1.54, 1.807) is 43.6 Å². The Kier molecular flexibility index (Phi) is 5.13. The Labute approximate surface area is 127 Å². The third-order valence-electron chi connectivity index (χ3n) is 3.03. The summed E-state index contributed by atoms with van der Waals surface area (Å²) in [6.07, 6.45) is 3.39. The van der Waals surface area contributed by atoms with Gasteiger partial charge < -0.3 is 20.6 Å². The van der Waals surface area contributed by atoms with Crippen LogP contribution in [0.25, 0.3) is 0 Å². The van der Waals surface area contributed by atoms with E-state index >= 15 is 0 Å². The molecule has 0 radical (unpaired) electrons. The second kappa shape index (κ2) is 7.26. The van der Waals surface area contributed by atoms with Gasteiger partial charge >= 0.3 is 5.97 Å². The van der Waals surface area contributed by atoms with Gasteiger partial charge in [0, 0.05) is 18.0 Å². The molecule has 1 atom stereocenters. The van der Waals surface area contributed by atoms with Gasteiger partial charge in [-0.1, -0.05) is 0 Å². The normalized spacial score (nSPS) is 12.9. The molecule has 4 N–H and O–H groups in total. The number of hydrogen-bond acceptors (Lipinski definition) is 4. The second-order valence-corrected chi connectivity index (χ2v) is 4.81. The predicted molar refractivity (Wildman–Crippen MR) is 81.8 cm³/mol. The number of nitrogens with two attached hydrogens (primary N) is 1. The molecule has 0 amide bonds. The van der Waals surface area contributed by atoms with E-state index in [1.165, 1.54) is 0 Å². The van der Waals surface area contributed by atoms with E-state index in [4.69, 9.17) is 15.6 Å². The summed E-state index contributed by atoms with van der Waals surface area (Å²) in [5, 5.41) is 8.79. The number of H-pyrrole nitrogens is 1. The van der Waals surface area contributed by atoms with Crippen LogP contribution in [0.3, 0.4) is 0 Å². The van der Waals surface area contributed by atoms with Gasteiger partial charge in [0.25, 0.3) is 0 Å². The van der Waals surface area contributed by atoms with Crippen LogP contribution in [0.2, 0.25) is 0 Å². The Morgan fingerprint density at radius 1 is 1.45 bits per heavy atom. The Hall–Kier alpha value is -2.83. The smallest absolute Gasteiger partial charge is 0.309 e. The highest BCUT2D eigenvalue weighted by Crippen LogP contribution is 2.13. The van der Waals surface area contributed by atoms with Crippen LogP contribution in [0.15, 0.2) is 41.7 Å². The van der Waals surface area contributed by atoms with Crippen molar-refractivity contribution in [3.63, 3.8) is 0 Å². The van der Waals surface area contributed by atoms with Gasteiger partial charge in [0.15, 0.2) is 0 Å². The summed E-state index contributed by atoms with van der Waals surface area (Å²) in [7, 11) is 0. The minimum Gasteiger partial charge on any atom is -0.493 e. The molecule has 0 aliphatic carbocycles. The van der Waals surface area contributed by atoms with Gasteiger partial charge in [-0.25, -0.2) is 4.98 Å². The molecule has 2 aromatic rings. The summed E-state index contributed by atoms with van der Waals surface area (Å²) in [5.41, 5.74) is 6.68. The van der Waals surface area contributed by atoms with Crippen molar-refractivity contribution in [2.24, 2.45) is 16.6 Å². The first-order valence-corrected chi connectivity index (χ1v) is 6.80. The zero-order valence-corrected chi connectivity index (χ0v) is 12.2. The monoisotopic (exact) mass is 302 g/mol. The van der Waals surface area contributed by atoms with E-state index < -0.39 is 11.9 Å². The van der Waals surface area contributed by atoms with E-state index in [0.717, 1.165) is 11.4 Å². The van der Waals surface area contributed by atoms with Crippen LogP contribution in [0.5, 0.6) is 5.75 Å². The fourth-order valence-corrected chi connectivity index (χ4v) is 1.65. The number of aliphatic imine (C=N–C) groups is 1. The first-order chi connectivity index (χ1) is 10.6. The van der Waals surface area contributed by atoms with E-state index in [9.17, 15) is 4.79 Å². The zero-order chi connectivity index (χ0) is 15.9. The standard InChI is InChI=1S/C15H18N4O3/c1-10(15(20)21)9-22-12-4-2-11(3-5-12)14(16)19-8-13-17-6-7-18-13/h2-7,10H,8-9H2,1H3,(H2,16,19)(H,17,18)(H,20,21)/t10-/m0/s1. The minimum absolute atomic E-state index is 0.122. The number of ether oxygens (including phenoxy) is 1. The molecule has 0 aliphatic heterocycles. The average Bonchev–Trinajstić information content (AvgIpc) is 3.04. The molecule has 7 nitrogen and oxygen atoms in total. The minimum atomic E-state index is -0.883. The molecular formula is C15H18N4O3. The molecule has 1 aromatic carbocycles. The van der Waals surface area contributed by atoms with Crippen molar-refractivity contribution >= 4 is 11.8 Å². The first kappa shape index (κ1) is 15.6. The molecule has 0 unspecified atom stereocenters. The average molecular weight is 302 g/mol. The number of hydrogen-bond donors (Lipinski definition) is 3. The van der Waals surface area contributed by atoms with Gasteiger partial charge in [0.05, 0.1) is 12.5 Å². The lowest BCUT2D eigenvalue weighted by molar-refractivity contribution is -0.142. The Morgan fingerprint density at radius 2 is 2.18 bits per heavy atom. The van der Waals surface area contributed by atoms with E-state index in [2.05, 4.69) is 15.0 Å². The van der Waals surface area contributed by atoms with Gasteiger partial charge in [-0.2, -0.15) is 0 Å². The molecule has 116 valence electrons. The molecule has 0 saturated carbocycles. The summed E-state index contributed by atoms with van der Waals surface area (Å²) in [4.78, 5) is 22.0. The molecular weight excluding hydrogens is 284 g/mol. The van der Waals surface area contributed by atoms with Crippen LogP contribution in [0.4, 0.5) is 0 Å². The molecule has 0 spiro atoms. The van der Waals surface area contributed by atoms with Crippen LogP contribution in [0.1, 0.15) is 18.3 Å². The number of aromatic amines is 1. The number of carboxylic acids is 1. The lowest BCUT2D eigenvalue weighted by Crippen LogP contribution is -2.18. The number of carboxylic acid groups (broad SMARTS) is 1. The number of amidine groups is 1. The molecule has 7 heteroatoms. The lowest BCUT2D eigenvalue weighted by Gasteiger charge is -2.09. The van der Waals surface area contributed by atoms with E-state index in [-0.39, 0.29) is 6.61 Å². The van der Waals surface area contributed by atoms with Crippen LogP contribution in [-0.4, -0.2) is 33.5 Å². The highest BCUT2D eigenvalue weighted by Gasteiger charge is 2.11. The molecule has 1 aromatic heterocycles. The Bertz CT molecular complexity index is 635. The maximum absolute atomic E-state index is 10.7. The van der Waals surface area contributed by atoms with Gasteiger partial charge in [-0.3, -0.25) is 9.79 Å². The SMILES string of the molecule is C[C@@H](COc1ccc(C(N)=NCc2ncc[nH]2)cc1)C(=O)O. The van der Waals surface area contributed by atoms with Gasteiger partial charge in [0.1, 0.15) is 24.0 Å². The summed E-state index contributed by atoms with van der Waals surface area (Å²) in [5.74, 6) is 0.300. The fourth-order valence-electron chi connectivity index (χ4n) is 1.65. The van der Waals surface area contributed by atoms with Crippen molar-refractivity contribution in [2.45, 2.75) is 13.5 Å². The van der Waals surface area contributed by atoms with Crippen molar-refractivity contribution in [2.75, 3.05) is 6.61 Å². The van der Waals surface area contributed by atoms with Crippen LogP contribution >= 0.6 is 0 Å². The molecule has 22 heavy (non-hydrogen) atoms. The highest BCUT2D eigenvalue weighted by molar-refractivity contribution is 5.97. The molecule has 0 saturated heterocycles. The third kappa shape index (κ3) is 4.34. The summed E-state index contributed by atoms with van der Waals surface area (Å²) in [6.45, 7) is 2.10. The fraction of sp³-hybridized carbons (Fsp3) is 0.267. The van der Waals surface area contributed by atoms with E-state index in [1.807, 2.05) is 0 Å². The lowest BCUT2D eigenvalue weighted by atomic mass is 10.2. The van der Waals surface area contributed by atoms with Gasteiger partial charge in [-0.15, -0.1) is 0 Å². The number of aromatic nitrogens is 2. The number of nitrogens with zero attached hydrogens (tertiary/aromatic N) is 2. The maximum Gasteiger partial charge on any atom is 0.309 e. The van der Waals surface area contributed by atoms with Crippen molar-refractivity contribution in [1.29, 1.82) is 0 Å². The largest absolute Gasteiger partial charge is 0.493 e. The second-order valence-electron chi connectivity index (χ2n) is 4.81. The molecule has 0 bridgehead atoms. The van der Waals surface area contributed by atoms with Gasteiger partial charge in [0.2, 0.25) is 0 Å². The van der Waals surface area contributed by atoms with Crippen LogP contribution < -0.4 is 10.5 Å². The first-order valence-electron chi connectivity index (χ1n) is 6.80. The van der Waals surface area contributed by atoms with Crippen molar-refractivity contribution in [3.05, 3.63) is 48.0 Å². The van der Waals surface area contributed by atoms with Gasteiger partial charge in [-0.05, 0) is 31.2 Å². The number of carbonyl (C=O) groups is 1. The summed E-state index contributed by atoms with van der Waals surface area (Å²) < 4.78 is 5.41. The molecule has 2 rings (SSSR count). The maximum atomic E-state index is 10.7. The summed E-state index contributed by atoms with van der Waals surface area (Å²) >= 11 is 0. The summed E-state index contributed by atoms with van der Waals surface area (Å²) in [6, 6.07) is 7.03. The van der Waals surface area contributed by atoms with Crippen LogP contribution in [-0.2, 0) is 11.3 Å². The molecule has 0 aliphatic rings.